The van der Waals surface area contributed by atoms with Gasteiger partial charge < -0.3 is 19.7 Å². The molecule has 1 fully saturated rings. The summed E-state index contributed by atoms with van der Waals surface area (Å²) in [6.07, 6.45) is -4.29. The van der Waals surface area contributed by atoms with Crippen molar-refractivity contribution < 1.29 is 42.4 Å². The molecule has 1 aliphatic heterocycles. The standard InChI is InChI=1S/C21H25F3N2O2.C2H2O4/c1-27-19-8-5-17(20(13-19)28-2)15-26-11-9-25(10-12-26)14-16-3-6-18(7-4-16)21(22,23)24;3-1(4)2(5)6/h3-8,13H,9-12,14-15H2,1-2H3;(H,3,4)(H,5,6). The Morgan fingerprint density at radius 3 is 1.82 bits per heavy atom. The molecule has 2 N–H and O–H groups in total. The first kappa shape index (κ1) is 26.9. The predicted molar refractivity (Wildman–Crippen MR) is 117 cm³/mol. The molecule has 8 nitrogen and oxygen atoms in total. The van der Waals surface area contributed by atoms with E-state index in [1.165, 1.54) is 0 Å². The predicted octanol–water partition coefficient (Wildman–Crippen LogP) is 3.20. The second-order valence-electron chi connectivity index (χ2n) is 7.54. The first-order valence-electron chi connectivity index (χ1n) is 10.3. The second kappa shape index (κ2) is 12.2. The summed E-state index contributed by atoms with van der Waals surface area (Å²) in [5, 5.41) is 14.8. The molecule has 3 rings (SSSR count). The highest BCUT2D eigenvalue weighted by Crippen LogP contribution is 2.29. The molecule has 1 aliphatic rings. The van der Waals surface area contributed by atoms with Crippen molar-refractivity contribution in [3.05, 3.63) is 59.2 Å². The van der Waals surface area contributed by atoms with Gasteiger partial charge in [0, 0.05) is 50.9 Å². The molecule has 0 aromatic heterocycles. The summed E-state index contributed by atoms with van der Waals surface area (Å²) in [5.41, 5.74) is 1.41. The van der Waals surface area contributed by atoms with Gasteiger partial charge in [0.2, 0.25) is 0 Å². The summed E-state index contributed by atoms with van der Waals surface area (Å²) in [5.74, 6) is -2.07. The van der Waals surface area contributed by atoms with Gasteiger partial charge in [0.25, 0.3) is 0 Å². The molecule has 1 saturated heterocycles. The molecule has 0 aliphatic carbocycles. The Kier molecular flexibility index (Phi) is 9.69. The van der Waals surface area contributed by atoms with Crippen LogP contribution in [0.1, 0.15) is 16.7 Å². The van der Waals surface area contributed by atoms with Gasteiger partial charge in [-0.1, -0.05) is 18.2 Å². The molecule has 186 valence electrons. The third-order valence-corrected chi connectivity index (χ3v) is 5.22. The van der Waals surface area contributed by atoms with Crippen LogP contribution in [0.15, 0.2) is 42.5 Å². The number of hydrogen-bond acceptors (Lipinski definition) is 6. The molecule has 11 heteroatoms. The van der Waals surface area contributed by atoms with E-state index >= 15 is 0 Å². The molecule has 2 aromatic rings. The summed E-state index contributed by atoms with van der Waals surface area (Å²) in [4.78, 5) is 22.8. The summed E-state index contributed by atoms with van der Waals surface area (Å²) in [6, 6.07) is 11.3. The van der Waals surface area contributed by atoms with Crippen molar-refractivity contribution in [1.82, 2.24) is 9.80 Å². The maximum Gasteiger partial charge on any atom is 0.416 e. The van der Waals surface area contributed by atoms with Crippen LogP contribution < -0.4 is 9.47 Å². The highest BCUT2D eigenvalue weighted by molar-refractivity contribution is 6.27. The lowest BCUT2D eigenvalue weighted by Gasteiger charge is -2.35. The molecule has 2 aromatic carbocycles. The Hall–Kier alpha value is -3.31. The van der Waals surface area contributed by atoms with Gasteiger partial charge in [0.1, 0.15) is 11.5 Å². The minimum Gasteiger partial charge on any atom is -0.497 e. The molecular weight excluding hydrogens is 457 g/mol. The number of aliphatic carboxylic acids is 2. The Bertz CT molecular complexity index is 946. The number of methoxy groups -OCH3 is 2. The fourth-order valence-corrected chi connectivity index (χ4v) is 3.39. The van der Waals surface area contributed by atoms with Crippen molar-refractivity contribution in [2.75, 3.05) is 40.4 Å². The number of piperazine rings is 1. The van der Waals surface area contributed by atoms with E-state index in [-0.39, 0.29) is 0 Å². The van der Waals surface area contributed by atoms with Gasteiger partial charge in [-0.15, -0.1) is 0 Å². The van der Waals surface area contributed by atoms with Crippen LogP contribution in [0.25, 0.3) is 0 Å². The van der Waals surface area contributed by atoms with Gasteiger partial charge in [-0.25, -0.2) is 9.59 Å². The quantitative estimate of drug-likeness (QED) is 0.604. The van der Waals surface area contributed by atoms with Crippen LogP contribution in [0.5, 0.6) is 11.5 Å². The lowest BCUT2D eigenvalue weighted by molar-refractivity contribution is -0.159. The first-order valence-corrected chi connectivity index (χ1v) is 10.3. The number of carbonyl (C=O) groups is 2. The Balaban J connectivity index is 0.000000604. The van der Waals surface area contributed by atoms with E-state index in [0.29, 0.717) is 6.54 Å². The maximum absolute atomic E-state index is 12.7. The van der Waals surface area contributed by atoms with Crippen LogP contribution >= 0.6 is 0 Å². The SMILES string of the molecule is COc1ccc(CN2CCN(Cc3ccc(C(F)(F)F)cc3)CC2)c(OC)c1.O=C(O)C(=O)O. The topological polar surface area (TPSA) is 99.5 Å². The third kappa shape index (κ3) is 8.23. The number of carboxylic acid groups (broad SMARTS) is 2. The van der Waals surface area contributed by atoms with Gasteiger partial charge in [-0.3, -0.25) is 9.80 Å². The van der Waals surface area contributed by atoms with Gasteiger partial charge in [0.15, 0.2) is 0 Å². The largest absolute Gasteiger partial charge is 0.497 e. The number of rotatable bonds is 6. The average molecular weight is 484 g/mol. The molecule has 0 bridgehead atoms. The molecule has 1 heterocycles. The van der Waals surface area contributed by atoms with Crippen LogP contribution in [0.3, 0.4) is 0 Å². The zero-order valence-electron chi connectivity index (χ0n) is 18.8. The third-order valence-electron chi connectivity index (χ3n) is 5.22. The Morgan fingerprint density at radius 2 is 1.38 bits per heavy atom. The molecule has 0 amide bonds. The van der Waals surface area contributed by atoms with Crippen LogP contribution in [-0.4, -0.2) is 72.4 Å². The van der Waals surface area contributed by atoms with Crippen LogP contribution in [0.2, 0.25) is 0 Å². The van der Waals surface area contributed by atoms with Crippen LogP contribution in [0, 0.1) is 0 Å². The van der Waals surface area contributed by atoms with Crippen molar-refractivity contribution in [3.8, 4) is 11.5 Å². The lowest BCUT2D eigenvalue weighted by atomic mass is 10.1. The number of halogens is 3. The summed E-state index contributed by atoms with van der Waals surface area (Å²) in [7, 11) is 3.28. The summed E-state index contributed by atoms with van der Waals surface area (Å²) >= 11 is 0. The minimum absolute atomic E-state index is 0.602. The number of ether oxygens (including phenoxy) is 2. The van der Waals surface area contributed by atoms with Gasteiger partial charge in [-0.05, 0) is 23.8 Å². The first-order chi connectivity index (χ1) is 16.0. The van der Waals surface area contributed by atoms with E-state index in [1.54, 1.807) is 26.4 Å². The maximum atomic E-state index is 12.7. The number of carboxylic acids is 2. The highest BCUT2D eigenvalue weighted by Gasteiger charge is 2.30. The molecule has 0 saturated carbocycles. The monoisotopic (exact) mass is 484 g/mol. The normalized spacial score (nSPS) is 14.6. The van der Waals surface area contributed by atoms with E-state index in [0.717, 1.165) is 67.5 Å². The zero-order chi connectivity index (χ0) is 25.3. The Morgan fingerprint density at radius 1 is 0.853 bits per heavy atom. The van der Waals surface area contributed by atoms with Gasteiger partial charge in [0.05, 0.1) is 19.8 Å². The second-order valence-corrected chi connectivity index (χ2v) is 7.54. The zero-order valence-corrected chi connectivity index (χ0v) is 18.8. The fraction of sp³-hybridized carbons (Fsp3) is 0.391. The number of benzene rings is 2. The molecule has 0 atom stereocenters. The highest BCUT2D eigenvalue weighted by atomic mass is 19.4. The summed E-state index contributed by atoms with van der Waals surface area (Å²) in [6.45, 7) is 5.00. The van der Waals surface area contributed by atoms with Crippen molar-refractivity contribution in [2.45, 2.75) is 19.3 Å². The minimum atomic E-state index is -4.29. The van der Waals surface area contributed by atoms with E-state index in [9.17, 15) is 13.2 Å². The van der Waals surface area contributed by atoms with E-state index < -0.39 is 23.7 Å². The van der Waals surface area contributed by atoms with E-state index in [2.05, 4.69) is 9.80 Å². The molecule has 0 radical (unpaired) electrons. The van der Waals surface area contributed by atoms with Crippen molar-refractivity contribution >= 4 is 11.9 Å². The van der Waals surface area contributed by atoms with Crippen LogP contribution in [0.4, 0.5) is 13.2 Å². The van der Waals surface area contributed by atoms with E-state index in [1.807, 2.05) is 18.2 Å². The summed E-state index contributed by atoms with van der Waals surface area (Å²) < 4.78 is 48.7. The lowest BCUT2D eigenvalue weighted by Crippen LogP contribution is -2.45. The van der Waals surface area contributed by atoms with E-state index in [4.69, 9.17) is 29.3 Å². The number of alkyl halides is 3. The van der Waals surface area contributed by atoms with Crippen molar-refractivity contribution in [2.24, 2.45) is 0 Å². The fourth-order valence-electron chi connectivity index (χ4n) is 3.39. The van der Waals surface area contributed by atoms with Crippen molar-refractivity contribution in [1.29, 1.82) is 0 Å². The Labute approximate surface area is 195 Å². The molecule has 0 unspecified atom stereocenters. The van der Waals surface area contributed by atoms with Crippen molar-refractivity contribution in [3.63, 3.8) is 0 Å². The molecule has 0 spiro atoms. The smallest absolute Gasteiger partial charge is 0.416 e. The average Bonchev–Trinajstić information content (AvgIpc) is 2.80. The van der Waals surface area contributed by atoms with Gasteiger partial charge in [-0.2, -0.15) is 13.2 Å². The number of hydrogen-bond donors (Lipinski definition) is 2. The van der Waals surface area contributed by atoms with Crippen LogP contribution in [-0.2, 0) is 28.9 Å². The molecular formula is C23H27F3N2O6. The van der Waals surface area contributed by atoms with Gasteiger partial charge >= 0.3 is 18.1 Å². The number of nitrogens with zero attached hydrogens (tertiary/aromatic N) is 2. The molecule has 34 heavy (non-hydrogen) atoms.